The molecule has 34 heavy (non-hydrogen) atoms. The molecule has 4 nitrogen and oxygen atoms in total. The first-order valence-electron chi connectivity index (χ1n) is 10.9. The van der Waals surface area contributed by atoms with Crippen molar-refractivity contribution in [2.24, 2.45) is 0 Å². The minimum atomic E-state index is -0.417. The fourth-order valence-electron chi connectivity index (χ4n) is 3.90. The number of pyridine rings is 2. The van der Waals surface area contributed by atoms with Crippen LogP contribution in [0.4, 0.5) is 0 Å². The summed E-state index contributed by atoms with van der Waals surface area (Å²) in [5, 5.41) is 0. The molecule has 4 rings (SSSR count). The Hall–Kier alpha value is -2.38. The lowest BCUT2D eigenvalue weighted by molar-refractivity contribution is -0.121. The van der Waals surface area contributed by atoms with Gasteiger partial charge in [0.05, 0.1) is 8.67 Å². The molecule has 0 aliphatic rings. The van der Waals surface area contributed by atoms with Crippen LogP contribution in [0, 0.1) is 0 Å². The highest BCUT2D eigenvalue weighted by Gasteiger charge is 2.25. The molecule has 0 amide bonds. The maximum absolute atomic E-state index is 13.1. The van der Waals surface area contributed by atoms with Gasteiger partial charge >= 0.3 is 0 Å². The van der Waals surface area contributed by atoms with E-state index in [4.69, 9.17) is 23.2 Å². The monoisotopic (exact) mass is 528 g/mol. The molecule has 0 bridgehead atoms. The highest BCUT2D eigenvalue weighted by molar-refractivity contribution is 7.20. The fraction of sp³-hybridized carbons (Fsp3) is 0.231. The molecular formula is C26H22Cl2N2O2S2. The molecule has 4 aromatic heterocycles. The van der Waals surface area contributed by atoms with E-state index in [1.807, 2.05) is 31.2 Å². The van der Waals surface area contributed by atoms with Crippen LogP contribution in [0.15, 0.2) is 61.2 Å². The molecule has 0 aliphatic carbocycles. The fourth-order valence-corrected chi connectivity index (χ4v) is 6.67. The smallest absolute Gasteiger partial charge is 0.140 e. The van der Waals surface area contributed by atoms with E-state index in [9.17, 15) is 9.59 Å². The molecule has 174 valence electrons. The highest BCUT2D eigenvalue weighted by Crippen LogP contribution is 2.40. The number of thiophene rings is 2. The van der Waals surface area contributed by atoms with E-state index in [0.29, 0.717) is 27.9 Å². The maximum atomic E-state index is 13.1. The molecule has 0 fully saturated rings. The molecule has 0 N–H and O–H groups in total. The zero-order valence-corrected chi connectivity index (χ0v) is 21.6. The second-order valence-electron chi connectivity index (χ2n) is 7.84. The molecule has 0 radical (unpaired) electrons. The Morgan fingerprint density at radius 3 is 2.18 bits per heavy atom. The molecule has 0 saturated heterocycles. The zero-order chi connectivity index (χ0) is 24.1. The SMILES string of the molecule is CCC(=O)C(CCC(=O)Cc1cc(-c2ccncc2)sc1-c1ccncc1)c1cc(Cl)sc1Cl. The van der Waals surface area contributed by atoms with Gasteiger partial charge in [0, 0.05) is 59.7 Å². The van der Waals surface area contributed by atoms with Gasteiger partial charge in [-0.1, -0.05) is 30.1 Å². The third-order valence-electron chi connectivity index (χ3n) is 5.61. The van der Waals surface area contributed by atoms with Crippen molar-refractivity contribution in [2.45, 2.75) is 38.5 Å². The largest absolute Gasteiger partial charge is 0.299 e. The average molecular weight is 530 g/mol. The standard InChI is InChI=1S/C26H22Cl2N2O2S2/c1-2-22(32)20(21-15-24(27)34-26(21)28)4-3-19(31)13-18-14-23(16-5-9-29-10-6-16)33-25(18)17-7-11-30-12-8-17/h5-12,14-15,20H,2-4,13H2,1H3. The van der Waals surface area contributed by atoms with Gasteiger partial charge in [-0.3, -0.25) is 19.6 Å². The molecule has 0 aliphatic heterocycles. The average Bonchev–Trinajstić information content (AvgIpc) is 3.42. The van der Waals surface area contributed by atoms with Gasteiger partial charge in [-0.25, -0.2) is 0 Å². The van der Waals surface area contributed by atoms with Crippen LogP contribution < -0.4 is 0 Å². The summed E-state index contributed by atoms with van der Waals surface area (Å²) in [6.45, 7) is 1.83. The Labute approximate surface area is 216 Å². The van der Waals surface area contributed by atoms with Gasteiger partial charge in [0.1, 0.15) is 11.6 Å². The minimum absolute atomic E-state index is 0.0668. The number of carbonyl (C=O) groups excluding carboxylic acids is 2. The molecule has 4 heterocycles. The third kappa shape index (κ3) is 5.81. The number of rotatable bonds is 10. The molecule has 4 aromatic rings. The summed E-state index contributed by atoms with van der Waals surface area (Å²) in [5.41, 5.74) is 3.79. The summed E-state index contributed by atoms with van der Waals surface area (Å²) < 4.78 is 1.06. The predicted molar refractivity (Wildman–Crippen MR) is 141 cm³/mol. The van der Waals surface area contributed by atoms with Gasteiger partial charge in [0.25, 0.3) is 0 Å². The Balaban J connectivity index is 1.55. The molecule has 0 aromatic carbocycles. The van der Waals surface area contributed by atoms with Crippen molar-refractivity contribution < 1.29 is 9.59 Å². The molecule has 1 atom stereocenters. The number of ketones is 2. The van der Waals surface area contributed by atoms with Gasteiger partial charge in [-0.05, 0) is 65.1 Å². The Morgan fingerprint density at radius 1 is 0.941 bits per heavy atom. The molecule has 1 unspecified atom stereocenters. The van der Waals surface area contributed by atoms with Gasteiger partial charge in [0.15, 0.2) is 0 Å². The van der Waals surface area contributed by atoms with Crippen molar-refractivity contribution in [1.82, 2.24) is 9.97 Å². The number of Topliss-reactive ketones (excluding diaryl/α,β-unsaturated/α-hetero) is 2. The van der Waals surface area contributed by atoms with Crippen molar-refractivity contribution in [2.75, 3.05) is 0 Å². The summed E-state index contributed by atoms with van der Waals surface area (Å²) in [4.78, 5) is 36.1. The van der Waals surface area contributed by atoms with Crippen LogP contribution in [-0.2, 0) is 16.0 Å². The number of aromatic nitrogens is 2. The molecule has 0 spiro atoms. The topological polar surface area (TPSA) is 59.9 Å². The number of hydrogen-bond acceptors (Lipinski definition) is 6. The Morgan fingerprint density at radius 2 is 1.59 bits per heavy atom. The van der Waals surface area contributed by atoms with Crippen LogP contribution in [0.5, 0.6) is 0 Å². The lowest BCUT2D eigenvalue weighted by Crippen LogP contribution is -2.14. The van der Waals surface area contributed by atoms with Crippen molar-refractivity contribution in [3.8, 4) is 20.9 Å². The maximum Gasteiger partial charge on any atom is 0.140 e. The van der Waals surface area contributed by atoms with Crippen LogP contribution in [-0.4, -0.2) is 21.5 Å². The van der Waals surface area contributed by atoms with Crippen molar-refractivity contribution in [3.63, 3.8) is 0 Å². The van der Waals surface area contributed by atoms with Crippen molar-refractivity contribution >= 4 is 57.4 Å². The number of nitrogens with zero attached hydrogens (tertiary/aromatic N) is 2. The highest BCUT2D eigenvalue weighted by atomic mass is 35.5. The summed E-state index contributed by atoms with van der Waals surface area (Å²) in [5.74, 6) is -0.266. The van der Waals surface area contributed by atoms with Gasteiger partial charge in [0.2, 0.25) is 0 Å². The summed E-state index contributed by atoms with van der Waals surface area (Å²) >= 11 is 15.3. The lowest BCUT2D eigenvalue weighted by Gasteiger charge is -2.14. The quantitative estimate of drug-likeness (QED) is 0.210. The number of hydrogen-bond donors (Lipinski definition) is 0. The molecular weight excluding hydrogens is 507 g/mol. The van der Waals surface area contributed by atoms with E-state index in [1.54, 1.807) is 42.2 Å². The van der Waals surface area contributed by atoms with Crippen molar-refractivity contribution in [3.05, 3.63) is 81.0 Å². The van der Waals surface area contributed by atoms with E-state index >= 15 is 0 Å². The minimum Gasteiger partial charge on any atom is -0.299 e. The van der Waals surface area contributed by atoms with E-state index in [-0.39, 0.29) is 18.0 Å². The second-order valence-corrected chi connectivity index (χ2v) is 11.2. The third-order valence-corrected chi connectivity index (χ3v) is 8.40. The zero-order valence-electron chi connectivity index (χ0n) is 18.5. The Kier molecular flexibility index (Phi) is 8.27. The first kappa shape index (κ1) is 24.7. The molecule has 8 heteroatoms. The van der Waals surface area contributed by atoms with Crippen molar-refractivity contribution in [1.29, 1.82) is 0 Å². The normalized spacial score (nSPS) is 12.0. The van der Waals surface area contributed by atoms with Crippen LogP contribution in [0.2, 0.25) is 8.67 Å². The first-order chi connectivity index (χ1) is 16.5. The number of halogens is 2. The Bertz CT molecular complexity index is 1290. The summed E-state index contributed by atoms with van der Waals surface area (Å²) in [7, 11) is 0. The van der Waals surface area contributed by atoms with Gasteiger partial charge in [-0.15, -0.1) is 22.7 Å². The molecule has 0 saturated carbocycles. The lowest BCUT2D eigenvalue weighted by atomic mass is 9.89. The van der Waals surface area contributed by atoms with Gasteiger partial charge < -0.3 is 0 Å². The van der Waals surface area contributed by atoms with E-state index < -0.39 is 5.92 Å². The van der Waals surface area contributed by atoms with Crippen LogP contribution in [0.3, 0.4) is 0 Å². The predicted octanol–water partition coefficient (Wildman–Crippen LogP) is 7.90. The van der Waals surface area contributed by atoms with E-state index in [1.165, 1.54) is 11.3 Å². The van der Waals surface area contributed by atoms with E-state index in [2.05, 4.69) is 16.0 Å². The van der Waals surface area contributed by atoms with Crippen LogP contribution in [0.25, 0.3) is 20.9 Å². The summed E-state index contributed by atoms with van der Waals surface area (Å²) in [6, 6.07) is 11.7. The van der Waals surface area contributed by atoms with Gasteiger partial charge in [-0.2, -0.15) is 0 Å². The van der Waals surface area contributed by atoms with E-state index in [0.717, 1.165) is 32.0 Å². The number of carbonyl (C=O) groups is 2. The first-order valence-corrected chi connectivity index (χ1v) is 13.3. The summed E-state index contributed by atoms with van der Waals surface area (Å²) in [6.07, 6.45) is 8.42. The van der Waals surface area contributed by atoms with Crippen LogP contribution >= 0.6 is 45.9 Å². The van der Waals surface area contributed by atoms with Crippen LogP contribution in [0.1, 0.15) is 43.2 Å². The second kappa shape index (κ2) is 11.4.